The molecule has 1 aromatic rings. The zero-order chi connectivity index (χ0) is 10.7. The van der Waals surface area contributed by atoms with Crippen molar-refractivity contribution in [1.82, 2.24) is 4.90 Å². The molecule has 1 rings (SSSR count). The Morgan fingerprint density at radius 1 is 1.71 bits per heavy atom. The van der Waals surface area contributed by atoms with Crippen LogP contribution in [0, 0.1) is 0 Å². The van der Waals surface area contributed by atoms with E-state index in [0.29, 0.717) is 10.7 Å². The van der Waals surface area contributed by atoms with E-state index in [1.165, 1.54) is 13.3 Å². The Balaban J connectivity index is 2.70. The van der Waals surface area contributed by atoms with Crippen molar-refractivity contribution >= 4 is 17.7 Å². The molecule has 0 aliphatic heterocycles. The van der Waals surface area contributed by atoms with Gasteiger partial charge in [-0.05, 0) is 12.1 Å². The van der Waals surface area contributed by atoms with E-state index in [-0.39, 0.29) is 0 Å². The second kappa shape index (κ2) is 4.34. The van der Waals surface area contributed by atoms with E-state index in [4.69, 9.17) is 21.1 Å². The SMILES string of the molecule is CN(C(=O)O)C(O)C(Cl)c1ccco1. The normalized spacial score (nSPS) is 14.8. The summed E-state index contributed by atoms with van der Waals surface area (Å²) in [6, 6.07) is 3.18. The monoisotopic (exact) mass is 219 g/mol. The van der Waals surface area contributed by atoms with Crippen LogP contribution < -0.4 is 0 Å². The highest BCUT2D eigenvalue weighted by molar-refractivity contribution is 6.21. The zero-order valence-electron chi connectivity index (χ0n) is 7.42. The Hall–Kier alpha value is -1.20. The lowest BCUT2D eigenvalue weighted by Gasteiger charge is -2.23. The molecule has 1 aromatic heterocycles. The summed E-state index contributed by atoms with van der Waals surface area (Å²) in [6.07, 6.45) is -1.19. The van der Waals surface area contributed by atoms with Crippen molar-refractivity contribution in [2.24, 2.45) is 0 Å². The van der Waals surface area contributed by atoms with Gasteiger partial charge in [-0.2, -0.15) is 0 Å². The van der Waals surface area contributed by atoms with E-state index < -0.39 is 17.7 Å². The van der Waals surface area contributed by atoms with Crippen LogP contribution in [0.4, 0.5) is 4.79 Å². The summed E-state index contributed by atoms with van der Waals surface area (Å²) in [7, 11) is 1.23. The van der Waals surface area contributed by atoms with E-state index in [0.717, 1.165) is 0 Å². The van der Waals surface area contributed by atoms with Gasteiger partial charge in [0.1, 0.15) is 11.1 Å². The lowest BCUT2D eigenvalue weighted by Crippen LogP contribution is -2.38. The summed E-state index contributed by atoms with van der Waals surface area (Å²) in [5.74, 6) is 0.326. The number of rotatable bonds is 3. The van der Waals surface area contributed by atoms with Gasteiger partial charge in [0.15, 0.2) is 6.23 Å². The predicted octanol–water partition coefficient (Wildman–Crippen LogP) is 1.49. The average molecular weight is 220 g/mol. The lowest BCUT2D eigenvalue weighted by atomic mass is 10.3. The maximum Gasteiger partial charge on any atom is 0.409 e. The molecule has 78 valence electrons. The summed E-state index contributed by atoms with van der Waals surface area (Å²) < 4.78 is 4.93. The van der Waals surface area contributed by atoms with Crippen LogP contribution in [-0.4, -0.2) is 34.5 Å². The third-order valence-corrected chi connectivity index (χ3v) is 2.22. The van der Waals surface area contributed by atoms with Gasteiger partial charge in [-0.25, -0.2) is 4.79 Å². The van der Waals surface area contributed by atoms with E-state index >= 15 is 0 Å². The maximum atomic E-state index is 10.5. The van der Waals surface area contributed by atoms with Crippen molar-refractivity contribution < 1.29 is 19.4 Å². The Labute approximate surface area is 85.5 Å². The van der Waals surface area contributed by atoms with Gasteiger partial charge in [0, 0.05) is 7.05 Å². The molecule has 1 heterocycles. The number of aliphatic hydroxyl groups excluding tert-OH is 1. The highest BCUT2D eigenvalue weighted by Gasteiger charge is 2.27. The molecule has 0 bridgehead atoms. The standard InChI is InChI=1S/C8H10ClNO4/c1-10(8(12)13)7(11)6(9)5-3-2-4-14-5/h2-4,6-7,11H,1H3,(H,12,13). The molecular weight excluding hydrogens is 210 g/mol. The molecule has 2 N–H and O–H groups in total. The number of hydrogen-bond donors (Lipinski definition) is 2. The molecule has 2 unspecified atom stereocenters. The third kappa shape index (κ3) is 2.18. The van der Waals surface area contributed by atoms with Gasteiger partial charge in [-0.1, -0.05) is 0 Å². The number of alkyl halides is 1. The summed E-state index contributed by atoms with van der Waals surface area (Å²) in [5, 5.41) is 17.1. The summed E-state index contributed by atoms with van der Waals surface area (Å²) in [6.45, 7) is 0. The van der Waals surface area contributed by atoms with Gasteiger partial charge in [0.25, 0.3) is 0 Å². The molecule has 0 aliphatic carbocycles. The minimum Gasteiger partial charge on any atom is -0.468 e. The number of carboxylic acid groups (broad SMARTS) is 1. The second-order valence-electron chi connectivity index (χ2n) is 2.72. The topological polar surface area (TPSA) is 73.9 Å². The zero-order valence-corrected chi connectivity index (χ0v) is 8.18. The van der Waals surface area contributed by atoms with Crippen LogP contribution in [0.1, 0.15) is 11.1 Å². The number of likely N-dealkylation sites (N-methyl/N-ethyl adjacent to an activating group) is 1. The third-order valence-electron chi connectivity index (χ3n) is 1.78. The molecule has 14 heavy (non-hydrogen) atoms. The smallest absolute Gasteiger partial charge is 0.409 e. The Morgan fingerprint density at radius 2 is 2.36 bits per heavy atom. The van der Waals surface area contributed by atoms with Gasteiger partial charge in [-0.15, -0.1) is 11.6 Å². The Bertz CT molecular complexity index is 300. The highest BCUT2D eigenvalue weighted by Crippen LogP contribution is 2.25. The largest absolute Gasteiger partial charge is 0.468 e. The van der Waals surface area contributed by atoms with Crippen LogP contribution >= 0.6 is 11.6 Å². The average Bonchev–Trinajstić information content (AvgIpc) is 2.67. The fourth-order valence-electron chi connectivity index (χ4n) is 0.905. The molecule has 1 amide bonds. The number of hydrogen-bond acceptors (Lipinski definition) is 3. The molecule has 0 saturated heterocycles. The molecule has 6 heteroatoms. The van der Waals surface area contributed by atoms with E-state index in [9.17, 15) is 9.90 Å². The first-order valence-corrected chi connectivity index (χ1v) is 4.29. The minimum absolute atomic E-state index is 0.326. The van der Waals surface area contributed by atoms with Crippen molar-refractivity contribution in [2.75, 3.05) is 7.05 Å². The molecule has 0 spiro atoms. The van der Waals surface area contributed by atoms with Gasteiger partial charge >= 0.3 is 6.09 Å². The molecule has 5 nitrogen and oxygen atoms in total. The van der Waals surface area contributed by atoms with Crippen LogP contribution in [0.15, 0.2) is 22.8 Å². The number of aliphatic hydroxyl groups is 1. The minimum atomic E-state index is -1.33. The van der Waals surface area contributed by atoms with Gasteiger partial charge in [-0.3, -0.25) is 4.90 Å². The van der Waals surface area contributed by atoms with Gasteiger partial charge < -0.3 is 14.6 Å². The fourth-order valence-corrected chi connectivity index (χ4v) is 1.20. The van der Waals surface area contributed by atoms with Crippen LogP contribution in [0.3, 0.4) is 0 Å². The van der Waals surface area contributed by atoms with E-state index in [1.807, 2.05) is 0 Å². The molecule has 0 aliphatic rings. The Kier molecular flexibility index (Phi) is 3.38. The molecule has 2 atom stereocenters. The molecule has 0 aromatic carbocycles. The Morgan fingerprint density at radius 3 is 2.79 bits per heavy atom. The fraction of sp³-hybridized carbons (Fsp3) is 0.375. The van der Waals surface area contributed by atoms with Crippen molar-refractivity contribution in [3.8, 4) is 0 Å². The van der Waals surface area contributed by atoms with Gasteiger partial charge in [0.05, 0.1) is 6.26 Å². The highest BCUT2D eigenvalue weighted by atomic mass is 35.5. The van der Waals surface area contributed by atoms with Crippen LogP contribution in [0.25, 0.3) is 0 Å². The second-order valence-corrected chi connectivity index (χ2v) is 3.19. The molecule has 0 saturated carbocycles. The molecule has 0 radical (unpaired) electrons. The van der Waals surface area contributed by atoms with Crippen molar-refractivity contribution in [3.05, 3.63) is 24.2 Å². The van der Waals surface area contributed by atoms with Crippen LogP contribution in [-0.2, 0) is 0 Å². The molecular formula is C8H10ClNO4. The van der Waals surface area contributed by atoms with Crippen LogP contribution in [0.5, 0.6) is 0 Å². The first-order chi connectivity index (χ1) is 6.54. The van der Waals surface area contributed by atoms with Crippen molar-refractivity contribution in [1.29, 1.82) is 0 Å². The number of furan rings is 1. The van der Waals surface area contributed by atoms with Crippen molar-refractivity contribution in [2.45, 2.75) is 11.6 Å². The van der Waals surface area contributed by atoms with Crippen molar-refractivity contribution in [3.63, 3.8) is 0 Å². The van der Waals surface area contributed by atoms with Gasteiger partial charge in [0.2, 0.25) is 0 Å². The predicted molar refractivity (Wildman–Crippen MR) is 49.1 cm³/mol. The summed E-state index contributed by atoms with van der Waals surface area (Å²) >= 11 is 5.79. The lowest BCUT2D eigenvalue weighted by molar-refractivity contribution is 0.0212. The quantitative estimate of drug-likeness (QED) is 0.597. The van der Waals surface area contributed by atoms with E-state index in [2.05, 4.69) is 0 Å². The number of halogens is 1. The van der Waals surface area contributed by atoms with Crippen LogP contribution in [0.2, 0.25) is 0 Å². The number of carbonyl (C=O) groups is 1. The maximum absolute atomic E-state index is 10.5. The first-order valence-electron chi connectivity index (χ1n) is 3.85. The number of amides is 1. The summed E-state index contributed by atoms with van der Waals surface area (Å²) in [5.41, 5.74) is 0. The summed E-state index contributed by atoms with van der Waals surface area (Å²) in [4.78, 5) is 11.2. The van der Waals surface area contributed by atoms with E-state index in [1.54, 1.807) is 12.1 Å². The first kappa shape index (κ1) is 10.9. The molecule has 0 fully saturated rings. The number of nitrogens with zero attached hydrogens (tertiary/aromatic N) is 1.